The molecule has 30 heavy (non-hydrogen) atoms. The minimum absolute atomic E-state index is 0.164. The lowest BCUT2D eigenvalue weighted by Gasteiger charge is -2.24. The van der Waals surface area contributed by atoms with E-state index in [0.29, 0.717) is 12.8 Å². The van der Waals surface area contributed by atoms with E-state index in [2.05, 4.69) is 47.4 Å². The third-order valence-corrected chi connectivity index (χ3v) is 5.42. The highest BCUT2D eigenvalue weighted by Crippen LogP contribution is 2.19. The van der Waals surface area contributed by atoms with Crippen LogP contribution < -0.4 is 0 Å². The molecule has 0 saturated heterocycles. The molecule has 0 aliphatic heterocycles. The largest absolute Gasteiger partial charge is 0.469 e. The molecule has 0 fully saturated rings. The van der Waals surface area contributed by atoms with Crippen LogP contribution in [0.25, 0.3) is 10.8 Å². The van der Waals surface area contributed by atoms with Crippen LogP contribution in [0.2, 0.25) is 0 Å². The highest BCUT2D eigenvalue weighted by atomic mass is 16.5. The second-order valence-electron chi connectivity index (χ2n) is 8.06. The van der Waals surface area contributed by atoms with E-state index in [1.807, 2.05) is 19.0 Å². The van der Waals surface area contributed by atoms with E-state index >= 15 is 0 Å². The highest BCUT2D eigenvalue weighted by Gasteiger charge is 2.14. The molecule has 1 amide bonds. The summed E-state index contributed by atoms with van der Waals surface area (Å²) in [5.74, 6) is 0.0626. The molecule has 5 heteroatoms. The van der Waals surface area contributed by atoms with E-state index < -0.39 is 0 Å². The van der Waals surface area contributed by atoms with Crippen molar-refractivity contribution in [3.05, 3.63) is 48.0 Å². The number of benzene rings is 2. The van der Waals surface area contributed by atoms with E-state index in [4.69, 9.17) is 4.74 Å². The summed E-state index contributed by atoms with van der Waals surface area (Å²) in [5, 5.41) is 2.50. The highest BCUT2D eigenvalue weighted by molar-refractivity contribution is 5.85. The molecule has 0 heterocycles. The van der Waals surface area contributed by atoms with Crippen molar-refractivity contribution in [2.75, 3.05) is 40.8 Å². The monoisotopic (exact) mass is 412 g/mol. The number of hydrogen-bond acceptors (Lipinski definition) is 4. The summed E-state index contributed by atoms with van der Waals surface area (Å²) in [5.41, 5.74) is 1.28. The molecule has 0 unspecified atom stereocenters. The Bertz CT molecular complexity index is 799. The lowest BCUT2D eigenvalue weighted by atomic mass is 10.0. The Morgan fingerprint density at radius 1 is 0.833 bits per heavy atom. The van der Waals surface area contributed by atoms with Gasteiger partial charge >= 0.3 is 5.97 Å². The van der Waals surface area contributed by atoms with Gasteiger partial charge in [0.2, 0.25) is 5.91 Å². The Hall–Kier alpha value is -2.40. The molecular formula is C25H36N2O3. The van der Waals surface area contributed by atoms with Gasteiger partial charge in [-0.25, -0.2) is 0 Å². The molecular weight excluding hydrogens is 376 g/mol. The van der Waals surface area contributed by atoms with Crippen LogP contribution in [0.5, 0.6) is 0 Å². The van der Waals surface area contributed by atoms with Gasteiger partial charge in [-0.05, 0) is 62.7 Å². The molecule has 5 nitrogen and oxygen atoms in total. The van der Waals surface area contributed by atoms with E-state index in [1.54, 1.807) is 0 Å². The average Bonchev–Trinajstić information content (AvgIpc) is 2.75. The number of methoxy groups -OCH3 is 1. The van der Waals surface area contributed by atoms with E-state index in [0.717, 1.165) is 51.7 Å². The van der Waals surface area contributed by atoms with Gasteiger partial charge < -0.3 is 14.5 Å². The topological polar surface area (TPSA) is 49.9 Å². The van der Waals surface area contributed by atoms with Crippen molar-refractivity contribution in [1.82, 2.24) is 9.80 Å². The quantitative estimate of drug-likeness (QED) is 0.364. The first-order valence-corrected chi connectivity index (χ1v) is 11.0. The fraction of sp³-hybridized carbons (Fsp3) is 0.520. The number of rotatable bonds is 13. The number of esters is 1. The maximum Gasteiger partial charge on any atom is 0.305 e. The number of hydrogen-bond donors (Lipinski definition) is 0. The van der Waals surface area contributed by atoms with Gasteiger partial charge in [-0.15, -0.1) is 0 Å². The molecule has 0 bridgehead atoms. The van der Waals surface area contributed by atoms with Crippen LogP contribution >= 0.6 is 0 Å². The molecule has 2 aromatic rings. The number of unbranched alkanes of at least 4 members (excludes halogenated alkanes) is 2. The maximum absolute atomic E-state index is 12.9. The molecule has 164 valence electrons. The first-order valence-electron chi connectivity index (χ1n) is 11.0. The van der Waals surface area contributed by atoms with Crippen molar-refractivity contribution in [2.45, 2.75) is 44.9 Å². The normalized spacial score (nSPS) is 11.1. The molecule has 0 N–H and O–H groups in total. The predicted octanol–water partition coefficient (Wildman–Crippen LogP) is 4.29. The van der Waals surface area contributed by atoms with Crippen molar-refractivity contribution in [1.29, 1.82) is 0 Å². The summed E-state index contributed by atoms with van der Waals surface area (Å²) >= 11 is 0. The first kappa shape index (κ1) is 23.9. The molecule has 2 rings (SSSR count). The molecule has 2 aromatic carbocycles. The van der Waals surface area contributed by atoms with Crippen LogP contribution in [-0.2, 0) is 20.7 Å². The molecule has 0 aliphatic carbocycles. The fourth-order valence-electron chi connectivity index (χ4n) is 3.68. The minimum atomic E-state index is -0.164. The second kappa shape index (κ2) is 13.0. The van der Waals surface area contributed by atoms with Gasteiger partial charge in [-0.2, -0.15) is 0 Å². The number of fused-ring (bicyclic) bond motifs is 1. The summed E-state index contributed by atoms with van der Waals surface area (Å²) in [6.07, 6.45) is 5.39. The number of nitrogens with zero attached hydrogens (tertiary/aromatic N) is 2. The Kier molecular flexibility index (Phi) is 10.4. The number of ether oxygens (including phenoxy) is 1. The molecule has 0 aliphatic rings. The van der Waals surface area contributed by atoms with Crippen LogP contribution in [0.1, 0.15) is 44.1 Å². The SMILES string of the molecule is COC(=O)CCCCCN(CCc1cccc2ccccc12)C(=O)CCCN(C)C. The molecule has 0 radical (unpaired) electrons. The van der Waals surface area contributed by atoms with Gasteiger partial charge in [0.1, 0.15) is 0 Å². The van der Waals surface area contributed by atoms with Gasteiger partial charge in [-0.1, -0.05) is 48.9 Å². The van der Waals surface area contributed by atoms with E-state index in [-0.39, 0.29) is 11.9 Å². The number of carbonyl (C=O) groups excluding carboxylic acids is 2. The Balaban J connectivity index is 1.93. The average molecular weight is 413 g/mol. The van der Waals surface area contributed by atoms with Gasteiger partial charge in [0.15, 0.2) is 0 Å². The van der Waals surface area contributed by atoms with E-state index in [1.165, 1.54) is 23.4 Å². The lowest BCUT2D eigenvalue weighted by Crippen LogP contribution is -2.34. The van der Waals surface area contributed by atoms with Gasteiger partial charge in [0, 0.05) is 25.9 Å². The summed E-state index contributed by atoms with van der Waals surface area (Å²) < 4.78 is 4.69. The van der Waals surface area contributed by atoms with Crippen LogP contribution in [0.3, 0.4) is 0 Å². The van der Waals surface area contributed by atoms with Crippen molar-refractivity contribution >= 4 is 22.6 Å². The minimum Gasteiger partial charge on any atom is -0.469 e. The van der Waals surface area contributed by atoms with Gasteiger partial charge in [0.05, 0.1) is 7.11 Å². The van der Waals surface area contributed by atoms with E-state index in [9.17, 15) is 9.59 Å². The third-order valence-electron chi connectivity index (χ3n) is 5.42. The number of amides is 1. The van der Waals surface area contributed by atoms with Crippen molar-refractivity contribution in [2.24, 2.45) is 0 Å². The summed E-state index contributed by atoms with van der Waals surface area (Å²) in [6.45, 7) is 2.39. The molecule has 0 atom stereocenters. The Morgan fingerprint density at radius 2 is 1.60 bits per heavy atom. The van der Waals surface area contributed by atoms with Crippen molar-refractivity contribution in [3.63, 3.8) is 0 Å². The van der Waals surface area contributed by atoms with Crippen molar-refractivity contribution in [3.8, 4) is 0 Å². The summed E-state index contributed by atoms with van der Waals surface area (Å²) in [7, 11) is 5.48. The molecule has 0 spiro atoms. The van der Waals surface area contributed by atoms with Crippen LogP contribution in [-0.4, -0.2) is 62.5 Å². The molecule has 0 aromatic heterocycles. The predicted molar refractivity (Wildman–Crippen MR) is 123 cm³/mol. The van der Waals surface area contributed by atoms with Crippen molar-refractivity contribution < 1.29 is 14.3 Å². The van der Waals surface area contributed by atoms with Gasteiger partial charge in [0.25, 0.3) is 0 Å². The zero-order valence-corrected chi connectivity index (χ0v) is 18.7. The zero-order chi connectivity index (χ0) is 21.8. The Labute approximate surface area is 181 Å². The Morgan fingerprint density at radius 3 is 2.37 bits per heavy atom. The third kappa shape index (κ3) is 8.15. The lowest BCUT2D eigenvalue weighted by molar-refractivity contribution is -0.140. The van der Waals surface area contributed by atoms with Crippen LogP contribution in [0.15, 0.2) is 42.5 Å². The number of carbonyl (C=O) groups is 2. The summed E-state index contributed by atoms with van der Waals surface area (Å²) in [4.78, 5) is 28.2. The van der Waals surface area contributed by atoms with Crippen LogP contribution in [0, 0.1) is 0 Å². The zero-order valence-electron chi connectivity index (χ0n) is 18.7. The van der Waals surface area contributed by atoms with Crippen LogP contribution in [0.4, 0.5) is 0 Å². The smallest absolute Gasteiger partial charge is 0.305 e. The summed E-state index contributed by atoms with van der Waals surface area (Å²) in [6, 6.07) is 14.8. The fourth-order valence-corrected chi connectivity index (χ4v) is 3.68. The standard InChI is InChI=1S/C25H36N2O3/c1-26(2)18-10-15-24(28)27(19-8-4-5-16-25(29)30-3)20-17-22-13-9-12-21-11-6-7-14-23(21)22/h6-7,9,11-14H,4-5,8,10,15-20H2,1-3H3. The maximum atomic E-state index is 12.9. The molecule has 0 saturated carbocycles. The first-order chi connectivity index (χ1) is 14.5. The van der Waals surface area contributed by atoms with Gasteiger partial charge in [-0.3, -0.25) is 9.59 Å². The second-order valence-corrected chi connectivity index (χ2v) is 8.06.